The van der Waals surface area contributed by atoms with E-state index in [1.165, 1.54) is 0 Å². The van der Waals surface area contributed by atoms with E-state index in [1.807, 2.05) is 0 Å². The Hall–Kier alpha value is -1.25. The average Bonchev–Trinajstić information content (AvgIpc) is 2.54. The fourth-order valence-corrected chi connectivity index (χ4v) is 3.15. The van der Waals surface area contributed by atoms with Crippen molar-refractivity contribution in [1.82, 2.24) is 4.72 Å². The van der Waals surface area contributed by atoms with E-state index >= 15 is 0 Å². The molecule has 1 aliphatic heterocycles. The lowest BCUT2D eigenvalue weighted by molar-refractivity contribution is 0.576. The van der Waals surface area contributed by atoms with E-state index in [-0.39, 0.29) is 18.8 Å². The third-order valence-corrected chi connectivity index (χ3v) is 4.01. The fourth-order valence-electron chi connectivity index (χ4n) is 1.64. The zero-order valence-electron chi connectivity index (χ0n) is 8.73. The minimum Gasteiger partial charge on any atom is -0.329 e. The van der Waals surface area contributed by atoms with Gasteiger partial charge in [0.25, 0.3) is 0 Å². The summed E-state index contributed by atoms with van der Waals surface area (Å²) in [6, 6.07) is 2.26. The number of anilines is 1. The zero-order valence-corrected chi connectivity index (χ0v) is 9.55. The molecule has 17 heavy (non-hydrogen) atoms. The summed E-state index contributed by atoms with van der Waals surface area (Å²) >= 11 is 0. The first-order valence-electron chi connectivity index (χ1n) is 4.89. The number of nitrogens with one attached hydrogen (secondary N) is 1. The van der Waals surface area contributed by atoms with Crippen molar-refractivity contribution in [2.75, 3.05) is 17.4 Å². The van der Waals surface area contributed by atoms with Crippen molar-refractivity contribution in [1.29, 1.82) is 0 Å². The molecule has 94 valence electrons. The molecule has 1 unspecified atom stereocenters. The predicted octanol–water partition coefficient (Wildman–Crippen LogP) is -0.0535. The van der Waals surface area contributed by atoms with Crippen LogP contribution in [0, 0.1) is 11.6 Å². The Balaban J connectivity index is 2.40. The highest BCUT2D eigenvalue weighted by Gasteiger charge is 2.36. The topological polar surface area (TPSA) is 75.4 Å². The maximum absolute atomic E-state index is 13.5. The van der Waals surface area contributed by atoms with Crippen LogP contribution >= 0.6 is 0 Å². The first kappa shape index (κ1) is 12.2. The molecule has 0 amide bonds. The Bertz CT molecular complexity index is 535. The van der Waals surface area contributed by atoms with Crippen LogP contribution in [0.5, 0.6) is 0 Å². The van der Waals surface area contributed by atoms with Crippen molar-refractivity contribution < 1.29 is 17.2 Å². The molecular formula is C9H11F2N3O2S. The second-order valence-corrected chi connectivity index (χ2v) is 5.31. The van der Waals surface area contributed by atoms with Crippen molar-refractivity contribution in [3.05, 3.63) is 29.8 Å². The van der Waals surface area contributed by atoms with Gasteiger partial charge in [0.1, 0.15) is 11.6 Å². The molecular weight excluding hydrogens is 252 g/mol. The summed E-state index contributed by atoms with van der Waals surface area (Å²) in [5, 5.41) is 0. The van der Waals surface area contributed by atoms with E-state index < -0.39 is 27.9 Å². The molecule has 0 radical (unpaired) electrons. The van der Waals surface area contributed by atoms with Crippen molar-refractivity contribution in [3.63, 3.8) is 0 Å². The molecule has 1 saturated heterocycles. The lowest BCUT2D eigenvalue weighted by Gasteiger charge is -2.16. The highest BCUT2D eigenvalue weighted by Crippen LogP contribution is 2.25. The van der Waals surface area contributed by atoms with Crippen molar-refractivity contribution >= 4 is 15.9 Å². The van der Waals surface area contributed by atoms with E-state index in [4.69, 9.17) is 5.73 Å². The molecule has 0 spiro atoms. The summed E-state index contributed by atoms with van der Waals surface area (Å²) in [5.41, 5.74) is 5.16. The number of hydrogen-bond acceptors (Lipinski definition) is 3. The number of nitrogens with two attached hydrogens (primary N) is 1. The maximum atomic E-state index is 13.5. The Morgan fingerprint density at radius 1 is 1.47 bits per heavy atom. The molecule has 1 fully saturated rings. The number of halogens is 2. The molecule has 1 aromatic rings. The van der Waals surface area contributed by atoms with Gasteiger partial charge in [0.05, 0.1) is 18.3 Å². The molecule has 1 heterocycles. The number of hydrogen-bond donors (Lipinski definition) is 2. The summed E-state index contributed by atoms with van der Waals surface area (Å²) in [6.45, 7) is 0.139. The molecule has 1 aromatic carbocycles. The standard InChI is InChI=1S/C9H11F2N3O2S/c10-6-1-2-9(8(11)3-6)14-5-7(4-12)13-17(14,15)16/h1-3,7,13H,4-5,12H2. The summed E-state index contributed by atoms with van der Waals surface area (Å²) in [6.07, 6.45) is 0. The van der Waals surface area contributed by atoms with Crippen molar-refractivity contribution in [3.8, 4) is 0 Å². The van der Waals surface area contributed by atoms with Gasteiger partial charge >= 0.3 is 10.2 Å². The van der Waals surface area contributed by atoms with E-state index in [2.05, 4.69) is 4.72 Å². The summed E-state index contributed by atoms with van der Waals surface area (Å²) in [7, 11) is -3.80. The van der Waals surface area contributed by atoms with Crippen LogP contribution in [0.25, 0.3) is 0 Å². The fraction of sp³-hybridized carbons (Fsp3) is 0.333. The Morgan fingerprint density at radius 3 is 2.71 bits per heavy atom. The van der Waals surface area contributed by atoms with Gasteiger partial charge in [-0.05, 0) is 12.1 Å². The van der Waals surface area contributed by atoms with Gasteiger partial charge in [-0.2, -0.15) is 13.1 Å². The minimum absolute atomic E-state index is 0.0292. The van der Waals surface area contributed by atoms with E-state index in [1.54, 1.807) is 0 Å². The second kappa shape index (κ2) is 4.21. The lowest BCUT2D eigenvalue weighted by Crippen LogP contribution is -2.34. The quantitative estimate of drug-likeness (QED) is 0.785. The number of nitrogens with zero attached hydrogens (tertiary/aromatic N) is 1. The summed E-state index contributed by atoms with van der Waals surface area (Å²) < 4.78 is 52.7. The van der Waals surface area contributed by atoms with Crippen LogP contribution in [0.4, 0.5) is 14.5 Å². The van der Waals surface area contributed by atoms with E-state index in [0.717, 1.165) is 16.4 Å². The summed E-state index contributed by atoms with van der Waals surface area (Å²) in [5.74, 6) is -1.68. The number of benzene rings is 1. The Labute approximate surface area is 97.4 Å². The van der Waals surface area contributed by atoms with Gasteiger partial charge in [-0.1, -0.05) is 0 Å². The van der Waals surface area contributed by atoms with Crippen LogP contribution < -0.4 is 14.8 Å². The molecule has 2 rings (SSSR count). The molecule has 1 aliphatic rings. The van der Waals surface area contributed by atoms with Crippen LogP contribution in [-0.4, -0.2) is 27.5 Å². The van der Waals surface area contributed by atoms with Gasteiger partial charge < -0.3 is 5.73 Å². The first-order valence-corrected chi connectivity index (χ1v) is 6.33. The van der Waals surface area contributed by atoms with Crippen LogP contribution in [0.2, 0.25) is 0 Å². The second-order valence-electron chi connectivity index (χ2n) is 3.68. The van der Waals surface area contributed by atoms with Crippen LogP contribution in [0.3, 0.4) is 0 Å². The Kier molecular flexibility index (Phi) is 3.02. The van der Waals surface area contributed by atoms with Gasteiger partial charge in [-0.25, -0.2) is 8.78 Å². The van der Waals surface area contributed by atoms with Gasteiger partial charge in [-0.3, -0.25) is 4.31 Å². The maximum Gasteiger partial charge on any atom is 0.302 e. The molecule has 3 N–H and O–H groups in total. The van der Waals surface area contributed by atoms with Crippen LogP contribution in [0.1, 0.15) is 0 Å². The van der Waals surface area contributed by atoms with Crippen LogP contribution in [0.15, 0.2) is 18.2 Å². The van der Waals surface area contributed by atoms with Gasteiger partial charge in [0, 0.05) is 12.6 Å². The summed E-state index contributed by atoms with van der Waals surface area (Å²) in [4.78, 5) is 0. The molecule has 0 bridgehead atoms. The monoisotopic (exact) mass is 263 g/mol. The Morgan fingerprint density at radius 2 is 2.18 bits per heavy atom. The molecule has 0 saturated carbocycles. The number of rotatable bonds is 2. The molecule has 0 aliphatic carbocycles. The third kappa shape index (κ3) is 2.24. The predicted molar refractivity (Wildman–Crippen MR) is 58.6 cm³/mol. The van der Waals surface area contributed by atoms with Gasteiger partial charge in [0.2, 0.25) is 0 Å². The van der Waals surface area contributed by atoms with Crippen molar-refractivity contribution in [2.45, 2.75) is 6.04 Å². The van der Waals surface area contributed by atoms with Crippen molar-refractivity contribution in [2.24, 2.45) is 5.73 Å². The smallest absolute Gasteiger partial charge is 0.302 e. The highest BCUT2D eigenvalue weighted by molar-refractivity contribution is 7.91. The third-order valence-electron chi connectivity index (χ3n) is 2.45. The molecule has 1 atom stereocenters. The zero-order chi connectivity index (χ0) is 12.6. The largest absolute Gasteiger partial charge is 0.329 e. The lowest BCUT2D eigenvalue weighted by atomic mass is 10.2. The first-order chi connectivity index (χ1) is 7.94. The van der Waals surface area contributed by atoms with E-state index in [0.29, 0.717) is 6.07 Å². The normalized spacial score (nSPS) is 23.0. The van der Waals surface area contributed by atoms with Gasteiger partial charge in [-0.15, -0.1) is 0 Å². The van der Waals surface area contributed by atoms with E-state index in [9.17, 15) is 17.2 Å². The molecule has 5 nitrogen and oxygen atoms in total. The van der Waals surface area contributed by atoms with Crippen LogP contribution in [-0.2, 0) is 10.2 Å². The molecule has 0 aromatic heterocycles. The minimum atomic E-state index is -3.80. The molecule has 8 heteroatoms. The average molecular weight is 263 g/mol. The van der Waals surface area contributed by atoms with Gasteiger partial charge in [0.15, 0.2) is 0 Å². The highest BCUT2D eigenvalue weighted by atomic mass is 32.2. The SMILES string of the molecule is NCC1CN(c2ccc(F)cc2F)S(=O)(=O)N1.